The molecule has 0 saturated heterocycles. The van der Waals surface area contributed by atoms with E-state index in [0.29, 0.717) is 147 Å². The highest BCUT2D eigenvalue weighted by atomic mass is 19.4. The van der Waals surface area contributed by atoms with Crippen molar-refractivity contribution >= 4 is 100 Å². The molecule has 0 radical (unpaired) electrons. The average molecular weight is 2040 g/mol. The molecule has 0 saturated carbocycles. The number of hydrogen-bond acceptors (Lipinski definition) is 39. The van der Waals surface area contributed by atoms with Crippen LogP contribution in [0.25, 0.3) is 92.5 Å². The molecule has 0 unspecified atom stereocenters. The topological polar surface area (TPSA) is 596 Å². The highest BCUT2D eigenvalue weighted by Crippen LogP contribution is 2.33. The lowest BCUT2D eigenvalue weighted by molar-refractivity contribution is -0.137. The maximum absolute atomic E-state index is 13.1. The number of halogens is 4. The summed E-state index contributed by atoms with van der Waals surface area (Å²) >= 11 is 0. The van der Waals surface area contributed by atoms with E-state index in [0.717, 1.165) is 69.2 Å². The number of rotatable bonds is 34. The molecular weight excluding hydrogens is 1940 g/mol. The number of alkyl halides is 3. The second-order valence-electron chi connectivity index (χ2n) is 32.3. The number of nitrogens with zero attached hydrogens (tertiary/aromatic N) is 14. The fraction of sp³-hybridized carbons (Fsp3) is 0.192. The maximum Gasteiger partial charge on any atom is 0.489 e. The molecule has 0 fully saturated rings. The third-order valence-corrected chi connectivity index (χ3v) is 21.2. The Morgan fingerprint density at radius 1 is 0.289 bits per heavy atom. The van der Waals surface area contributed by atoms with Gasteiger partial charge in [-0.15, -0.1) is 71.4 Å². The van der Waals surface area contributed by atoms with E-state index in [2.05, 4.69) is 71.4 Å². The molecule has 764 valence electrons. The molecule has 39 nitrogen and oxygen atoms in total. The quantitative estimate of drug-likeness (QED) is 0.0137. The van der Waals surface area contributed by atoms with Gasteiger partial charge in [0.2, 0.25) is 76.6 Å². The fourth-order valence-corrected chi connectivity index (χ4v) is 14.0. The van der Waals surface area contributed by atoms with E-state index in [-0.39, 0.29) is 68.6 Å². The number of ether oxygens (including phenoxy) is 3. The van der Waals surface area contributed by atoms with Crippen LogP contribution in [0, 0.1) is 26.6 Å². The molecule has 50 heteroatoms. The molecule has 0 aliphatic heterocycles. The Morgan fingerprint density at radius 3 is 1.02 bits per heavy atom. The van der Waals surface area contributed by atoms with Gasteiger partial charge in [0.1, 0.15) is 23.1 Å². The van der Waals surface area contributed by atoms with Crippen molar-refractivity contribution in [3.8, 4) is 97.6 Å². The van der Waals surface area contributed by atoms with Crippen molar-refractivity contribution in [2.75, 3.05) is 19.8 Å². The molecule has 8 heterocycles. The monoisotopic (exact) mass is 2040 g/mol. The third kappa shape index (κ3) is 33.4. The summed E-state index contributed by atoms with van der Waals surface area (Å²) in [4.78, 5) is 0. The van der Waals surface area contributed by atoms with Gasteiger partial charge in [-0.3, -0.25) is 0 Å². The van der Waals surface area contributed by atoms with E-state index < -0.39 is 67.4 Å². The molecule has 18 aromatic rings. The normalized spacial score (nSPS) is 10.8. The first-order chi connectivity index (χ1) is 71.8. The van der Waals surface area contributed by atoms with Crippen molar-refractivity contribution in [2.24, 2.45) is 0 Å². The van der Waals surface area contributed by atoms with E-state index in [1.165, 1.54) is 42.0 Å². The van der Waals surface area contributed by atoms with Crippen LogP contribution in [0.3, 0.4) is 0 Å². The Morgan fingerprint density at radius 2 is 0.631 bits per heavy atom. The van der Waals surface area contributed by atoms with Crippen LogP contribution in [0.5, 0.6) is 17.2 Å². The summed E-state index contributed by atoms with van der Waals surface area (Å²) in [5.41, 5.74) is 6.79. The zero-order valence-corrected chi connectivity index (χ0v) is 80.9. The minimum Gasteiger partial charge on any atom is -0.493 e. The van der Waals surface area contributed by atoms with Crippen LogP contribution in [-0.4, -0.2) is 211 Å². The van der Waals surface area contributed by atoms with Crippen molar-refractivity contribution in [2.45, 2.75) is 106 Å². The van der Waals surface area contributed by atoms with Gasteiger partial charge in [-0.2, -0.15) is 13.2 Å². The predicted octanol–water partition coefficient (Wildman–Crippen LogP) is 7.48. The van der Waals surface area contributed by atoms with Crippen molar-refractivity contribution in [1.29, 1.82) is 0 Å². The summed E-state index contributed by atoms with van der Waals surface area (Å²) in [6.45, 7) is 12.4. The van der Waals surface area contributed by atoms with Crippen LogP contribution in [0.4, 0.5) is 17.6 Å². The second-order valence-corrected chi connectivity index (χ2v) is 32.3. The Hall–Kier alpha value is -15.8. The Bertz CT molecular complexity index is 7190. The zero-order chi connectivity index (χ0) is 106. The predicted molar refractivity (Wildman–Crippen MR) is 543 cm³/mol. The molecule has 0 spiro atoms. The number of hydrogen-bond donors (Lipinski definition) is 14. The summed E-state index contributed by atoms with van der Waals surface area (Å²) in [6.07, 6.45) is 7.30. The summed E-state index contributed by atoms with van der Waals surface area (Å²) < 4.78 is 111. The van der Waals surface area contributed by atoms with E-state index >= 15 is 0 Å². The van der Waals surface area contributed by atoms with Gasteiger partial charge in [0, 0.05) is 98.8 Å². The maximum atomic E-state index is 13.1. The van der Waals surface area contributed by atoms with Crippen molar-refractivity contribution < 1.29 is 137 Å². The van der Waals surface area contributed by atoms with E-state index in [1.807, 2.05) is 118 Å². The number of furan rings is 1. The second kappa shape index (κ2) is 55.7. The van der Waals surface area contributed by atoms with Crippen molar-refractivity contribution in [3.05, 3.63) is 324 Å². The van der Waals surface area contributed by atoms with Gasteiger partial charge in [-0.25, -0.2) is 4.39 Å². The molecule has 0 bridgehead atoms. The van der Waals surface area contributed by atoms with Gasteiger partial charge in [0.15, 0.2) is 5.76 Å². The van der Waals surface area contributed by atoms with Crippen LogP contribution < -0.4 is 52.5 Å². The highest BCUT2D eigenvalue weighted by Gasteiger charge is 2.34. The van der Waals surface area contributed by atoms with Crippen LogP contribution in [0.15, 0.2) is 284 Å². The first kappa shape index (κ1) is 112. The Kier molecular flexibility index (Phi) is 41.8. The summed E-state index contributed by atoms with van der Waals surface area (Å²) in [5.74, 6) is 5.71. The molecular formula is C99H99B7F4N14O25. The SMILES string of the molecule is CCCc1nnc(-c2cc(OCCc3ccccc3)ccc2B(O)O)o1.CCCc1nnc(-c2ccc(F)cc2B(O)O)o1.CCCc1nnc(-c2ccccc2B(O)O)o1.Cc1nnc(-c2cc(C(F)(F)F)ccc2B(O)O)o1.Cc1nnc(-c2cc(OCCc3ccccc3)ccc2B(O)O)o1.Cc1nnc(/C=C/c2ccccc2B(O)O)o1.OB(O)c1ccc(OCCc2ccccc2)cc1-c1nnc(-c2ccco2)o1. The molecule has 0 aliphatic rings. The van der Waals surface area contributed by atoms with Gasteiger partial charge in [0.05, 0.1) is 31.6 Å². The Balaban J connectivity index is 0.000000156. The molecule has 18 rings (SSSR count). The molecule has 8 aromatic heterocycles. The molecule has 14 N–H and O–H groups in total. The third-order valence-electron chi connectivity index (χ3n) is 21.2. The molecule has 149 heavy (non-hydrogen) atoms. The van der Waals surface area contributed by atoms with Crippen molar-refractivity contribution in [1.82, 2.24) is 71.4 Å². The lowest BCUT2D eigenvalue weighted by Gasteiger charge is -2.10. The standard InChI is InChI=1S/C20H17BN2O5.C19H21BN2O4.C17H17BN2O4.C11H12BFN2O3.C11H11BN2O3.C11H13BN2O3.C10H8BF3N2O3/c24-21(25)17-9-8-15(26-12-10-14-5-2-1-3-6-14)13-16(17)19-22-23-20(28-19)18-7-4-11-27-18;1-2-6-18-21-22-19(26-18)16-13-15(9-10-17(16)20(23)24)25-12-11-14-7-4-3-5-8-14;1-12-19-20-17(24-12)15-11-14(7-8-16(15)18(21)22)23-10-9-13-5-3-2-4-6-13;1-2-3-10-14-15-11(18-10)8-5-4-7(13)6-9(8)12(16)17;1-8-13-14-11(17-8)7-6-9-4-2-3-5-10(9)12(15)16;1-2-5-10-13-14-11(17-10)8-6-3-4-7-9(8)12(15)16;1-5-15-16-9(19-5)7-4-6(10(12,13)14)2-3-8(7)11(17)18/h1-9,11,13,24-25H,10,12H2;3-5,7-10,13,23-24H,2,6,11-12H2,1H3;2-8,11,21-22H,9-10H2,1H3;4-6,16-17H,2-3H2,1H3;2-7,15-16H,1H3;3-4,6-7,15-16H,2,5H2,1H3;2-4,17-18H,1H3/b;;;;7-6+;;. The van der Waals surface area contributed by atoms with E-state index in [1.54, 1.807) is 135 Å². The van der Waals surface area contributed by atoms with Crippen LogP contribution >= 0.6 is 0 Å². The molecule has 0 aliphatic carbocycles. The van der Waals surface area contributed by atoms with Crippen LogP contribution in [0.2, 0.25) is 0 Å². The zero-order valence-electron chi connectivity index (χ0n) is 80.9. The van der Waals surface area contributed by atoms with Crippen LogP contribution in [-0.2, 0) is 44.7 Å². The summed E-state index contributed by atoms with van der Waals surface area (Å²) in [6, 6.07) is 68.2. The number of benzene rings is 10. The average Bonchev–Trinajstić information content (AvgIpc) is 1.78. The van der Waals surface area contributed by atoms with E-state index in [9.17, 15) is 77.8 Å². The highest BCUT2D eigenvalue weighted by molar-refractivity contribution is 6.63. The van der Waals surface area contributed by atoms with Gasteiger partial charge >= 0.3 is 56.0 Å². The summed E-state index contributed by atoms with van der Waals surface area (Å²) in [7, 11) is -11.7. The lowest BCUT2D eigenvalue weighted by Crippen LogP contribution is -2.32. The minimum atomic E-state index is -4.55. The lowest BCUT2D eigenvalue weighted by atomic mass is 9.76. The minimum absolute atomic E-state index is 0.00157. The van der Waals surface area contributed by atoms with Crippen molar-refractivity contribution in [3.63, 3.8) is 0 Å². The summed E-state index contributed by atoms with van der Waals surface area (Å²) in [5, 5.41) is 185. The van der Waals surface area contributed by atoms with Gasteiger partial charge in [0.25, 0.3) is 5.89 Å². The largest absolute Gasteiger partial charge is 0.493 e. The molecule has 10 aromatic carbocycles. The van der Waals surface area contributed by atoms with E-state index in [4.69, 9.17) is 59.6 Å². The number of aromatic nitrogens is 14. The fourth-order valence-electron chi connectivity index (χ4n) is 14.0. The molecule has 0 amide bonds. The van der Waals surface area contributed by atoms with Crippen LogP contribution in [0.1, 0.15) is 109 Å². The molecule has 0 atom stereocenters. The Labute approximate surface area is 851 Å². The first-order valence-electron chi connectivity index (χ1n) is 46.4. The van der Waals surface area contributed by atoms with Gasteiger partial charge in [-0.1, -0.05) is 185 Å². The first-order valence-corrected chi connectivity index (χ1v) is 46.4. The van der Waals surface area contributed by atoms with Gasteiger partial charge < -0.3 is 120 Å². The smallest absolute Gasteiger partial charge is 0.489 e. The number of aryl methyl sites for hydroxylation is 6. The van der Waals surface area contributed by atoms with Gasteiger partial charge in [-0.05, 0) is 165 Å².